The summed E-state index contributed by atoms with van der Waals surface area (Å²) in [6.45, 7) is 2.25. The lowest BCUT2D eigenvalue weighted by Gasteiger charge is -2.18. The van der Waals surface area contributed by atoms with Gasteiger partial charge in [0.2, 0.25) is 0 Å². The molecule has 1 amide bonds. The molecule has 0 aliphatic heterocycles. The van der Waals surface area contributed by atoms with E-state index in [2.05, 4.69) is 17.2 Å². The number of carbonyl (C=O) groups is 2. The lowest BCUT2D eigenvalue weighted by atomic mass is 9.87. The van der Waals surface area contributed by atoms with E-state index in [9.17, 15) is 14.7 Å². The Balaban J connectivity index is 1.84. The number of rotatable bonds is 6. The average Bonchev–Trinajstić information content (AvgIpc) is 2.95. The number of carboxylic acid groups (broad SMARTS) is 1. The van der Waals surface area contributed by atoms with Crippen molar-refractivity contribution < 1.29 is 14.7 Å². The first-order chi connectivity index (χ1) is 12.0. The smallest absolute Gasteiger partial charge is 0.326 e. The number of carbonyl (C=O) groups excluding carboxylic acids is 1. The van der Waals surface area contributed by atoms with Gasteiger partial charge in [0, 0.05) is 22.2 Å². The third-order valence-electron chi connectivity index (χ3n) is 4.91. The number of benzene rings is 1. The highest BCUT2D eigenvalue weighted by Crippen LogP contribution is 2.32. The van der Waals surface area contributed by atoms with E-state index in [-0.39, 0.29) is 5.91 Å². The standard InChI is InChI=1S/C19H24N2O3S/c1-11-3-5-15-13(9-11)14-10-12(4-6-16(14)20-15)18(22)21-17(19(23)24)7-8-25-2/h4,6,10-11,17,20H,3,5,7-9H2,1-2H3,(H,21,22)(H,23,24)/t11-,17-/m1/s1. The molecule has 134 valence electrons. The Morgan fingerprint density at radius 1 is 1.44 bits per heavy atom. The lowest BCUT2D eigenvalue weighted by molar-refractivity contribution is -0.139. The first kappa shape index (κ1) is 17.9. The highest BCUT2D eigenvalue weighted by molar-refractivity contribution is 7.98. The van der Waals surface area contributed by atoms with Crippen molar-refractivity contribution in [1.29, 1.82) is 0 Å². The zero-order valence-corrected chi connectivity index (χ0v) is 15.4. The summed E-state index contributed by atoms with van der Waals surface area (Å²) in [5.74, 6) is 0.0249. The molecule has 0 radical (unpaired) electrons. The predicted octanol–water partition coefficient (Wildman–Crippen LogP) is 3.23. The summed E-state index contributed by atoms with van der Waals surface area (Å²) in [5, 5.41) is 13.0. The largest absolute Gasteiger partial charge is 0.480 e. The zero-order chi connectivity index (χ0) is 18.0. The molecule has 1 heterocycles. The van der Waals surface area contributed by atoms with E-state index in [0.717, 1.165) is 23.7 Å². The number of aromatic nitrogens is 1. The second-order valence-corrected chi connectivity index (χ2v) is 7.82. The van der Waals surface area contributed by atoms with Crippen LogP contribution in [-0.2, 0) is 17.6 Å². The quantitative estimate of drug-likeness (QED) is 0.739. The fourth-order valence-corrected chi connectivity index (χ4v) is 3.94. The van der Waals surface area contributed by atoms with Crippen LogP contribution in [0.1, 0.15) is 41.4 Å². The molecule has 1 aliphatic rings. The minimum atomic E-state index is -0.990. The van der Waals surface area contributed by atoms with Gasteiger partial charge in [-0.15, -0.1) is 0 Å². The molecule has 0 saturated carbocycles. The van der Waals surface area contributed by atoms with Crippen molar-refractivity contribution in [2.45, 2.75) is 38.6 Å². The van der Waals surface area contributed by atoms with Gasteiger partial charge in [-0.1, -0.05) is 6.92 Å². The third-order valence-corrected chi connectivity index (χ3v) is 5.55. The Labute approximate surface area is 151 Å². The van der Waals surface area contributed by atoms with Crippen molar-refractivity contribution >= 4 is 34.5 Å². The lowest BCUT2D eigenvalue weighted by Crippen LogP contribution is -2.41. The van der Waals surface area contributed by atoms with Crippen molar-refractivity contribution in [3.8, 4) is 0 Å². The van der Waals surface area contributed by atoms with E-state index in [1.165, 1.54) is 17.7 Å². The van der Waals surface area contributed by atoms with Gasteiger partial charge in [-0.05, 0) is 67.4 Å². The van der Waals surface area contributed by atoms with E-state index in [1.807, 2.05) is 18.4 Å². The molecule has 0 unspecified atom stereocenters. The molecule has 2 aromatic rings. The molecule has 0 spiro atoms. The summed E-state index contributed by atoms with van der Waals surface area (Å²) >= 11 is 1.57. The Morgan fingerprint density at radius 2 is 2.24 bits per heavy atom. The van der Waals surface area contributed by atoms with Crippen LogP contribution in [0, 0.1) is 5.92 Å². The van der Waals surface area contributed by atoms with Crippen LogP contribution < -0.4 is 5.32 Å². The van der Waals surface area contributed by atoms with E-state index >= 15 is 0 Å². The minimum absolute atomic E-state index is 0.325. The number of aryl methyl sites for hydroxylation is 1. The highest BCUT2D eigenvalue weighted by atomic mass is 32.2. The van der Waals surface area contributed by atoms with Crippen LogP contribution in [0.2, 0.25) is 0 Å². The number of hydrogen-bond acceptors (Lipinski definition) is 3. The number of H-pyrrole nitrogens is 1. The second-order valence-electron chi connectivity index (χ2n) is 6.84. The first-order valence-electron chi connectivity index (χ1n) is 8.65. The van der Waals surface area contributed by atoms with Gasteiger partial charge < -0.3 is 15.4 Å². The summed E-state index contributed by atoms with van der Waals surface area (Å²) in [6, 6.07) is 4.73. The molecule has 0 saturated heterocycles. The minimum Gasteiger partial charge on any atom is -0.480 e. The average molecular weight is 360 g/mol. The Morgan fingerprint density at radius 3 is 2.96 bits per heavy atom. The molecule has 3 rings (SSSR count). The number of aliphatic carboxylic acids is 1. The van der Waals surface area contributed by atoms with Crippen LogP contribution in [0.25, 0.3) is 10.9 Å². The molecular weight excluding hydrogens is 336 g/mol. The molecule has 0 bridgehead atoms. The van der Waals surface area contributed by atoms with Crippen LogP contribution in [-0.4, -0.2) is 40.0 Å². The monoisotopic (exact) mass is 360 g/mol. The summed E-state index contributed by atoms with van der Waals surface area (Å²) in [5.41, 5.74) is 4.14. The number of fused-ring (bicyclic) bond motifs is 3. The van der Waals surface area contributed by atoms with E-state index in [0.29, 0.717) is 23.7 Å². The van der Waals surface area contributed by atoms with Gasteiger partial charge in [0.15, 0.2) is 0 Å². The second kappa shape index (κ2) is 7.52. The Hall–Kier alpha value is -1.95. The summed E-state index contributed by atoms with van der Waals surface area (Å²) in [7, 11) is 0. The van der Waals surface area contributed by atoms with Gasteiger partial charge in [-0.25, -0.2) is 4.79 Å². The molecule has 1 aromatic heterocycles. The van der Waals surface area contributed by atoms with Crippen LogP contribution in [0.5, 0.6) is 0 Å². The van der Waals surface area contributed by atoms with Crippen LogP contribution >= 0.6 is 11.8 Å². The van der Waals surface area contributed by atoms with Gasteiger partial charge in [0.25, 0.3) is 5.91 Å². The molecule has 1 aromatic carbocycles. The van der Waals surface area contributed by atoms with Gasteiger partial charge in [-0.2, -0.15) is 11.8 Å². The predicted molar refractivity (Wildman–Crippen MR) is 101 cm³/mol. The summed E-state index contributed by atoms with van der Waals surface area (Å²) < 4.78 is 0. The van der Waals surface area contributed by atoms with Crippen LogP contribution in [0.4, 0.5) is 0 Å². The van der Waals surface area contributed by atoms with Crippen molar-refractivity contribution in [2.75, 3.05) is 12.0 Å². The van der Waals surface area contributed by atoms with Gasteiger partial charge in [-0.3, -0.25) is 4.79 Å². The van der Waals surface area contributed by atoms with Gasteiger partial charge in [0.1, 0.15) is 6.04 Å². The van der Waals surface area contributed by atoms with Crippen molar-refractivity contribution in [1.82, 2.24) is 10.3 Å². The molecule has 5 nitrogen and oxygen atoms in total. The third kappa shape index (κ3) is 3.84. The van der Waals surface area contributed by atoms with Crippen molar-refractivity contribution in [3.05, 3.63) is 35.0 Å². The fourth-order valence-electron chi connectivity index (χ4n) is 3.47. The molecule has 2 atom stereocenters. The van der Waals surface area contributed by atoms with Crippen molar-refractivity contribution in [2.24, 2.45) is 5.92 Å². The van der Waals surface area contributed by atoms with E-state index in [4.69, 9.17) is 0 Å². The summed E-state index contributed by atoms with van der Waals surface area (Å²) in [4.78, 5) is 27.3. The number of amides is 1. The Kier molecular flexibility index (Phi) is 5.37. The molecule has 6 heteroatoms. The van der Waals surface area contributed by atoms with Crippen LogP contribution in [0.3, 0.4) is 0 Å². The van der Waals surface area contributed by atoms with E-state index < -0.39 is 12.0 Å². The first-order valence-corrected chi connectivity index (χ1v) is 10.0. The Bertz CT molecular complexity index is 799. The molecule has 3 N–H and O–H groups in total. The maximum Gasteiger partial charge on any atom is 0.326 e. The molecule has 1 aliphatic carbocycles. The zero-order valence-electron chi connectivity index (χ0n) is 14.6. The highest BCUT2D eigenvalue weighted by Gasteiger charge is 2.23. The normalized spacial score (nSPS) is 17.9. The van der Waals surface area contributed by atoms with Gasteiger partial charge in [0.05, 0.1) is 0 Å². The number of hydrogen-bond donors (Lipinski definition) is 3. The number of nitrogens with one attached hydrogen (secondary N) is 2. The number of aromatic amines is 1. The summed E-state index contributed by atoms with van der Waals surface area (Å²) in [6.07, 6.45) is 5.59. The molecular formula is C19H24N2O3S. The molecule has 0 fully saturated rings. The van der Waals surface area contributed by atoms with Gasteiger partial charge >= 0.3 is 5.97 Å². The van der Waals surface area contributed by atoms with Crippen molar-refractivity contribution in [3.63, 3.8) is 0 Å². The maximum absolute atomic E-state index is 12.5. The van der Waals surface area contributed by atoms with Crippen LogP contribution in [0.15, 0.2) is 18.2 Å². The molecule has 25 heavy (non-hydrogen) atoms. The van der Waals surface area contributed by atoms with E-state index in [1.54, 1.807) is 17.8 Å². The number of thioether (sulfide) groups is 1. The fraction of sp³-hybridized carbons (Fsp3) is 0.474. The topological polar surface area (TPSA) is 82.2 Å². The SMILES string of the molecule is CSCC[C@@H](NC(=O)c1ccc2[nH]c3c(c2c1)C[C@H](C)CC3)C(=O)O. The maximum atomic E-state index is 12.5. The number of carboxylic acids is 1.